The first-order valence-corrected chi connectivity index (χ1v) is 7.74. The largest absolute Gasteiger partial charge is 0.493 e. The highest BCUT2D eigenvalue weighted by Crippen LogP contribution is 2.49. The monoisotopic (exact) mass is 367 g/mol. The van der Waals surface area contributed by atoms with E-state index in [4.69, 9.17) is 37.4 Å². The van der Waals surface area contributed by atoms with Gasteiger partial charge in [0, 0.05) is 23.5 Å². The number of rotatable bonds is 5. The third-order valence-electron chi connectivity index (χ3n) is 3.60. The van der Waals surface area contributed by atoms with Gasteiger partial charge in [0.25, 0.3) is 0 Å². The standard InChI is InChI=1S/C16H15Cl2N3O3/c1-22-9-5-4-8(13(23-2)14(9)24-3)10-11(17)12(21-15(10)18)16-19-6-7-20-16/h4-7,21H,1-3H3,(H,19,20). The summed E-state index contributed by atoms with van der Waals surface area (Å²) in [6, 6.07) is 3.58. The van der Waals surface area contributed by atoms with Crippen molar-refractivity contribution in [3.05, 3.63) is 34.7 Å². The second-order valence-electron chi connectivity index (χ2n) is 4.82. The highest BCUT2D eigenvalue weighted by Gasteiger charge is 2.24. The van der Waals surface area contributed by atoms with E-state index in [0.717, 1.165) is 0 Å². The van der Waals surface area contributed by atoms with Crippen LogP contribution < -0.4 is 14.2 Å². The quantitative estimate of drug-likeness (QED) is 0.700. The molecule has 0 saturated heterocycles. The minimum absolute atomic E-state index is 0.372. The van der Waals surface area contributed by atoms with Crippen LogP contribution in [0.25, 0.3) is 22.6 Å². The van der Waals surface area contributed by atoms with Crippen molar-refractivity contribution in [2.75, 3.05) is 21.3 Å². The summed E-state index contributed by atoms with van der Waals surface area (Å²) in [5, 5.41) is 0.803. The Morgan fingerprint density at radius 1 is 1.00 bits per heavy atom. The van der Waals surface area contributed by atoms with E-state index in [1.165, 1.54) is 0 Å². The highest BCUT2D eigenvalue weighted by atomic mass is 35.5. The fourth-order valence-electron chi connectivity index (χ4n) is 2.55. The van der Waals surface area contributed by atoms with Crippen LogP contribution in [-0.4, -0.2) is 36.3 Å². The lowest BCUT2D eigenvalue weighted by Gasteiger charge is -2.15. The van der Waals surface area contributed by atoms with Gasteiger partial charge in [0.1, 0.15) is 10.8 Å². The molecule has 0 bridgehead atoms. The number of imidazole rings is 1. The molecule has 1 aromatic carbocycles. The van der Waals surface area contributed by atoms with Crippen molar-refractivity contribution in [2.24, 2.45) is 0 Å². The fourth-order valence-corrected chi connectivity index (χ4v) is 3.22. The van der Waals surface area contributed by atoms with Crippen LogP contribution in [0.3, 0.4) is 0 Å². The number of nitrogens with zero attached hydrogens (tertiary/aromatic N) is 1. The molecule has 0 spiro atoms. The molecular weight excluding hydrogens is 353 g/mol. The van der Waals surface area contributed by atoms with Gasteiger partial charge in [0.15, 0.2) is 17.3 Å². The molecule has 3 aromatic rings. The van der Waals surface area contributed by atoms with Gasteiger partial charge >= 0.3 is 0 Å². The van der Waals surface area contributed by atoms with Crippen molar-refractivity contribution in [2.45, 2.75) is 0 Å². The zero-order chi connectivity index (χ0) is 17.3. The Balaban J connectivity index is 2.23. The number of benzene rings is 1. The molecule has 0 radical (unpaired) electrons. The molecule has 8 heteroatoms. The molecule has 3 rings (SSSR count). The summed E-state index contributed by atoms with van der Waals surface area (Å²) in [6.45, 7) is 0. The summed E-state index contributed by atoms with van der Waals surface area (Å²) in [4.78, 5) is 10.2. The Hall–Kier alpha value is -2.31. The third kappa shape index (κ3) is 2.57. The molecule has 0 fully saturated rings. The molecule has 0 unspecified atom stereocenters. The number of ether oxygens (including phenoxy) is 3. The van der Waals surface area contributed by atoms with Gasteiger partial charge in [-0.2, -0.15) is 0 Å². The van der Waals surface area contributed by atoms with E-state index in [0.29, 0.717) is 50.1 Å². The van der Waals surface area contributed by atoms with Gasteiger partial charge in [-0.15, -0.1) is 0 Å². The second-order valence-corrected chi connectivity index (χ2v) is 5.58. The van der Waals surface area contributed by atoms with Crippen molar-refractivity contribution in [3.8, 4) is 39.9 Å². The lowest BCUT2D eigenvalue weighted by Crippen LogP contribution is -1.97. The predicted molar refractivity (Wildman–Crippen MR) is 93.5 cm³/mol. The minimum atomic E-state index is 0.372. The van der Waals surface area contributed by atoms with Crippen LogP contribution in [0.2, 0.25) is 10.2 Å². The molecule has 6 nitrogen and oxygen atoms in total. The number of halogens is 2. The maximum absolute atomic E-state index is 6.55. The normalized spacial score (nSPS) is 10.7. The average molecular weight is 368 g/mol. The van der Waals surface area contributed by atoms with E-state index in [-0.39, 0.29) is 0 Å². The molecule has 2 heterocycles. The van der Waals surface area contributed by atoms with Crippen molar-refractivity contribution in [3.63, 3.8) is 0 Å². The Morgan fingerprint density at radius 2 is 1.75 bits per heavy atom. The minimum Gasteiger partial charge on any atom is -0.493 e. The van der Waals surface area contributed by atoms with E-state index in [2.05, 4.69) is 15.0 Å². The number of aromatic nitrogens is 3. The van der Waals surface area contributed by atoms with Crippen LogP contribution >= 0.6 is 23.2 Å². The molecule has 126 valence electrons. The number of aromatic amines is 2. The molecule has 2 N–H and O–H groups in total. The summed E-state index contributed by atoms with van der Waals surface area (Å²) in [5.74, 6) is 2.08. The first-order valence-electron chi connectivity index (χ1n) is 6.98. The van der Waals surface area contributed by atoms with Crippen LogP contribution in [0.15, 0.2) is 24.5 Å². The first kappa shape index (κ1) is 16.5. The third-order valence-corrected chi connectivity index (χ3v) is 4.26. The first-order chi connectivity index (χ1) is 11.6. The van der Waals surface area contributed by atoms with Crippen molar-refractivity contribution in [1.29, 1.82) is 0 Å². The molecule has 0 aliphatic carbocycles. The predicted octanol–water partition coefficient (Wildman–Crippen LogP) is 4.40. The van der Waals surface area contributed by atoms with Crippen molar-refractivity contribution >= 4 is 23.2 Å². The van der Waals surface area contributed by atoms with Crippen LogP contribution in [0.4, 0.5) is 0 Å². The lowest BCUT2D eigenvalue weighted by atomic mass is 10.1. The van der Waals surface area contributed by atoms with Gasteiger partial charge < -0.3 is 24.2 Å². The van der Waals surface area contributed by atoms with E-state index < -0.39 is 0 Å². The van der Waals surface area contributed by atoms with Gasteiger partial charge in [-0.05, 0) is 12.1 Å². The smallest absolute Gasteiger partial charge is 0.203 e. The fraction of sp³-hybridized carbons (Fsp3) is 0.188. The van der Waals surface area contributed by atoms with E-state index >= 15 is 0 Å². The van der Waals surface area contributed by atoms with Gasteiger partial charge in [-0.1, -0.05) is 23.2 Å². The zero-order valence-electron chi connectivity index (χ0n) is 13.2. The molecule has 2 aromatic heterocycles. The van der Waals surface area contributed by atoms with Gasteiger partial charge in [-0.3, -0.25) is 0 Å². The molecular formula is C16H15Cl2N3O3. The van der Waals surface area contributed by atoms with Crippen molar-refractivity contribution in [1.82, 2.24) is 15.0 Å². The molecule has 0 aliphatic heterocycles. The van der Waals surface area contributed by atoms with E-state index in [9.17, 15) is 0 Å². The highest BCUT2D eigenvalue weighted by molar-refractivity contribution is 6.41. The molecule has 0 saturated carbocycles. The zero-order valence-corrected chi connectivity index (χ0v) is 14.7. The SMILES string of the molecule is COc1ccc(-c2c(Cl)[nH]c(-c3ncc[nH]3)c2Cl)c(OC)c1OC. The number of hydrogen-bond donors (Lipinski definition) is 2. The molecule has 24 heavy (non-hydrogen) atoms. The van der Waals surface area contributed by atoms with Crippen LogP contribution in [0, 0.1) is 0 Å². The van der Waals surface area contributed by atoms with E-state index in [1.54, 1.807) is 39.8 Å². The number of hydrogen-bond acceptors (Lipinski definition) is 4. The van der Waals surface area contributed by atoms with Crippen molar-refractivity contribution < 1.29 is 14.2 Å². The second kappa shape index (κ2) is 6.67. The summed E-state index contributed by atoms with van der Waals surface area (Å²) < 4.78 is 16.2. The Morgan fingerprint density at radius 3 is 2.33 bits per heavy atom. The maximum Gasteiger partial charge on any atom is 0.203 e. The van der Waals surface area contributed by atoms with Crippen LogP contribution in [0.5, 0.6) is 17.2 Å². The maximum atomic E-state index is 6.55. The lowest BCUT2D eigenvalue weighted by molar-refractivity contribution is 0.325. The summed E-state index contributed by atoms with van der Waals surface area (Å²) >= 11 is 12.9. The van der Waals surface area contributed by atoms with Gasteiger partial charge in [0.2, 0.25) is 5.75 Å². The molecule has 0 aliphatic rings. The molecule has 0 amide bonds. The van der Waals surface area contributed by atoms with Gasteiger partial charge in [-0.25, -0.2) is 4.98 Å². The van der Waals surface area contributed by atoms with E-state index in [1.807, 2.05) is 6.07 Å². The Labute approximate surface area is 148 Å². The molecule has 0 atom stereocenters. The Kier molecular flexibility index (Phi) is 4.59. The van der Waals surface area contributed by atoms with Crippen LogP contribution in [0.1, 0.15) is 0 Å². The topological polar surface area (TPSA) is 72.2 Å². The number of nitrogens with one attached hydrogen (secondary N) is 2. The van der Waals surface area contributed by atoms with Gasteiger partial charge in [0.05, 0.1) is 26.4 Å². The number of H-pyrrole nitrogens is 2. The summed E-state index contributed by atoms with van der Waals surface area (Å²) in [6.07, 6.45) is 3.34. The number of methoxy groups -OCH3 is 3. The summed E-state index contributed by atoms with van der Waals surface area (Å²) in [7, 11) is 4.64. The average Bonchev–Trinajstić information content (AvgIpc) is 3.21. The van der Waals surface area contributed by atoms with Crippen LogP contribution in [-0.2, 0) is 0 Å². The Bertz CT molecular complexity index is 860. The summed E-state index contributed by atoms with van der Waals surface area (Å²) in [5.41, 5.74) is 1.88.